The Labute approximate surface area is 146 Å². The lowest BCUT2D eigenvalue weighted by Crippen LogP contribution is -2.38. The average Bonchev–Trinajstić information content (AvgIpc) is 2.91. The summed E-state index contributed by atoms with van der Waals surface area (Å²) in [5, 5.41) is 13.3. The second-order valence-corrected chi connectivity index (χ2v) is 7.35. The number of rotatable bonds is 6. The molecule has 0 aliphatic carbocycles. The number of aryl methyl sites for hydroxylation is 1. The SMILES string of the molecule is Cc1ccc(C(=O)NC(C)C(=O)O)cc1OCc1csc(Br)c1. The van der Waals surface area contributed by atoms with Gasteiger partial charge in [0.2, 0.25) is 0 Å². The van der Waals surface area contributed by atoms with Gasteiger partial charge in [-0.3, -0.25) is 9.59 Å². The third kappa shape index (κ3) is 4.80. The highest BCUT2D eigenvalue weighted by molar-refractivity contribution is 9.11. The van der Waals surface area contributed by atoms with Crippen LogP contribution in [-0.4, -0.2) is 23.0 Å². The lowest BCUT2D eigenvalue weighted by Gasteiger charge is -2.12. The maximum Gasteiger partial charge on any atom is 0.325 e. The number of carboxylic acids is 1. The molecule has 23 heavy (non-hydrogen) atoms. The Morgan fingerprint density at radius 2 is 2.13 bits per heavy atom. The minimum Gasteiger partial charge on any atom is -0.489 e. The Morgan fingerprint density at radius 3 is 2.74 bits per heavy atom. The molecule has 0 bridgehead atoms. The fourth-order valence-electron chi connectivity index (χ4n) is 1.82. The second kappa shape index (κ2) is 7.61. The van der Waals surface area contributed by atoms with Gasteiger partial charge in [-0.2, -0.15) is 0 Å². The number of thiophene rings is 1. The molecule has 1 amide bonds. The van der Waals surface area contributed by atoms with Gasteiger partial charge < -0.3 is 15.2 Å². The fraction of sp³-hybridized carbons (Fsp3) is 0.250. The van der Waals surface area contributed by atoms with Gasteiger partial charge in [-0.15, -0.1) is 11.3 Å². The Bertz CT molecular complexity index is 729. The lowest BCUT2D eigenvalue weighted by molar-refractivity contribution is -0.138. The third-order valence-corrected chi connectivity index (χ3v) is 4.74. The molecule has 0 aliphatic heterocycles. The van der Waals surface area contributed by atoms with Crippen molar-refractivity contribution in [2.24, 2.45) is 0 Å². The van der Waals surface area contributed by atoms with Crippen molar-refractivity contribution >= 4 is 39.1 Å². The fourth-order valence-corrected chi connectivity index (χ4v) is 3.01. The number of hydrogen-bond acceptors (Lipinski definition) is 4. The van der Waals surface area contributed by atoms with Crippen molar-refractivity contribution in [2.75, 3.05) is 0 Å². The van der Waals surface area contributed by atoms with E-state index in [1.807, 2.05) is 18.4 Å². The molecule has 0 radical (unpaired) electrons. The van der Waals surface area contributed by atoms with Crippen LogP contribution in [0.15, 0.2) is 33.4 Å². The zero-order chi connectivity index (χ0) is 17.0. The molecule has 7 heteroatoms. The van der Waals surface area contributed by atoms with Crippen LogP contribution in [0, 0.1) is 6.92 Å². The van der Waals surface area contributed by atoms with E-state index in [1.165, 1.54) is 6.92 Å². The summed E-state index contributed by atoms with van der Waals surface area (Å²) in [6, 6.07) is 6.08. The van der Waals surface area contributed by atoms with E-state index in [0.717, 1.165) is 14.9 Å². The average molecular weight is 398 g/mol. The molecule has 122 valence electrons. The molecular formula is C16H16BrNO4S. The number of amides is 1. The first-order valence-electron chi connectivity index (χ1n) is 6.87. The number of carbonyl (C=O) groups is 2. The van der Waals surface area contributed by atoms with E-state index in [0.29, 0.717) is 17.9 Å². The summed E-state index contributed by atoms with van der Waals surface area (Å²) in [5.74, 6) is -0.920. The van der Waals surface area contributed by atoms with Crippen molar-refractivity contribution in [3.63, 3.8) is 0 Å². The Kier molecular flexibility index (Phi) is 5.79. The number of carboxylic acid groups (broad SMARTS) is 1. The van der Waals surface area contributed by atoms with E-state index in [1.54, 1.807) is 29.5 Å². The van der Waals surface area contributed by atoms with Gasteiger partial charge >= 0.3 is 5.97 Å². The number of halogens is 1. The molecule has 0 aliphatic rings. The molecular weight excluding hydrogens is 382 g/mol. The van der Waals surface area contributed by atoms with Gasteiger partial charge in [-0.1, -0.05) is 6.07 Å². The van der Waals surface area contributed by atoms with Gasteiger partial charge in [0.1, 0.15) is 18.4 Å². The summed E-state index contributed by atoms with van der Waals surface area (Å²) in [7, 11) is 0. The zero-order valence-corrected chi connectivity index (χ0v) is 15.0. The van der Waals surface area contributed by atoms with Gasteiger partial charge in [-0.05, 0) is 58.9 Å². The molecule has 1 atom stereocenters. The molecule has 2 rings (SSSR count). The quantitative estimate of drug-likeness (QED) is 0.780. The van der Waals surface area contributed by atoms with Gasteiger partial charge in [0.15, 0.2) is 0 Å². The maximum atomic E-state index is 12.1. The van der Waals surface area contributed by atoms with Crippen LogP contribution in [0.3, 0.4) is 0 Å². The number of nitrogens with one attached hydrogen (secondary N) is 1. The summed E-state index contributed by atoms with van der Waals surface area (Å²) < 4.78 is 6.80. The van der Waals surface area contributed by atoms with E-state index in [9.17, 15) is 9.59 Å². The van der Waals surface area contributed by atoms with Crippen LogP contribution in [0.4, 0.5) is 0 Å². The summed E-state index contributed by atoms with van der Waals surface area (Å²) >= 11 is 4.98. The summed E-state index contributed by atoms with van der Waals surface area (Å²) in [6.07, 6.45) is 0. The van der Waals surface area contributed by atoms with Gasteiger partial charge in [-0.25, -0.2) is 0 Å². The van der Waals surface area contributed by atoms with Crippen LogP contribution in [0.25, 0.3) is 0 Å². The summed E-state index contributed by atoms with van der Waals surface area (Å²) in [5.41, 5.74) is 2.31. The van der Waals surface area contributed by atoms with Crippen molar-refractivity contribution in [3.05, 3.63) is 50.1 Å². The Balaban J connectivity index is 2.08. The highest BCUT2D eigenvalue weighted by Gasteiger charge is 2.16. The van der Waals surface area contributed by atoms with E-state index >= 15 is 0 Å². The maximum absolute atomic E-state index is 12.1. The molecule has 2 N–H and O–H groups in total. The number of aliphatic carboxylic acids is 1. The first-order valence-corrected chi connectivity index (χ1v) is 8.54. The largest absolute Gasteiger partial charge is 0.489 e. The molecule has 1 heterocycles. The number of benzene rings is 1. The molecule has 1 unspecified atom stereocenters. The molecule has 5 nitrogen and oxygen atoms in total. The smallest absolute Gasteiger partial charge is 0.325 e. The number of ether oxygens (including phenoxy) is 1. The summed E-state index contributed by atoms with van der Waals surface area (Å²) in [4.78, 5) is 22.9. The number of hydrogen-bond donors (Lipinski definition) is 2. The molecule has 1 aromatic carbocycles. The molecule has 2 aromatic rings. The van der Waals surface area contributed by atoms with Crippen molar-refractivity contribution in [1.29, 1.82) is 0 Å². The first kappa shape index (κ1) is 17.5. The van der Waals surface area contributed by atoms with Crippen LogP contribution in [0.5, 0.6) is 5.75 Å². The van der Waals surface area contributed by atoms with Crippen molar-refractivity contribution in [2.45, 2.75) is 26.5 Å². The van der Waals surface area contributed by atoms with Crippen LogP contribution in [0.2, 0.25) is 0 Å². The Morgan fingerprint density at radius 1 is 1.39 bits per heavy atom. The van der Waals surface area contributed by atoms with Crippen LogP contribution in [0.1, 0.15) is 28.4 Å². The Hall–Kier alpha value is -1.86. The predicted molar refractivity (Wildman–Crippen MR) is 92.1 cm³/mol. The highest BCUT2D eigenvalue weighted by Crippen LogP contribution is 2.24. The zero-order valence-electron chi connectivity index (χ0n) is 12.6. The molecule has 0 saturated carbocycles. The van der Waals surface area contributed by atoms with Crippen molar-refractivity contribution in [1.82, 2.24) is 5.32 Å². The lowest BCUT2D eigenvalue weighted by atomic mass is 10.1. The van der Waals surface area contributed by atoms with Crippen molar-refractivity contribution < 1.29 is 19.4 Å². The van der Waals surface area contributed by atoms with Gasteiger partial charge in [0.05, 0.1) is 3.79 Å². The normalized spacial score (nSPS) is 11.8. The van der Waals surface area contributed by atoms with E-state index in [-0.39, 0.29) is 0 Å². The molecule has 0 fully saturated rings. The van der Waals surface area contributed by atoms with Gasteiger partial charge in [0.25, 0.3) is 5.91 Å². The van der Waals surface area contributed by atoms with Crippen LogP contribution < -0.4 is 10.1 Å². The molecule has 0 saturated heterocycles. The third-order valence-electron chi connectivity index (χ3n) is 3.18. The van der Waals surface area contributed by atoms with Crippen LogP contribution in [-0.2, 0) is 11.4 Å². The van der Waals surface area contributed by atoms with E-state index in [4.69, 9.17) is 9.84 Å². The van der Waals surface area contributed by atoms with Crippen LogP contribution >= 0.6 is 27.3 Å². The highest BCUT2D eigenvalue weighted by atomic mass is 79.9. The predicted octanol–water partition coefficient (Wildman–Crippen LogP) is 3.60. The van der Waals surface area contributed by atoms with Gasteiger partial charge in [0, 0.05) is 11.1 Å². The topological polar surface area (TPSA) is 75.6 Å². The van der Waals surface area contributed by atoms with E-state index < -0.39 is 17.9 Å². The van der Waals surface area contributed by atoms with Crippen molar-refractivity contribution in [3.8, 4) is 5.75 Å². The molecule has 1 aromatic heterocycles. The first-order chi connectivity index (χ1) is 10.9. The minimum absolute atomic E-state index is 0.366. The minimum atomic E-state index is -1.08. The standard InChI is InChI=1S/C16H16BrNO4S/c1-9-3-4-12(15(19)18-10(2)16(20)21)6-13(9)22-7-11-5-14(17)23-8-11/h3-6,8,10H,7H2,1-2H3,(H,18,19)(H,20,21). The molecule has 0 spiro atoms. The summed E-state index contributed by atoms with van der Waals surface area (Å²) in [6.45, 7) is 3.71. The monoisotopic (exact) mass is 397 g/mol. The number of carbonyl (C=O) groups excluding carboxylic acids is 1. The van der Waals surface area contributed by atoms with E-state index in [2.05, 4.69) is 21.2 Å². The second-order valence-electron chi connectivity index (χ2n) is 5.06.